The second kappa shape index (κ2) is 3.23. The maximum atomic E-state index is 3.86. The van der Waals surface area contributed by atoms with E-state index in [1.54, 1.807) is 0 Å². The Bertz CT molecular complexity index is 115. The third-order valence-electron chi connectivity index (χ3n) is 2.83. The van der Waals surface area contributed by atoms with Crippen LogP contribution in [0, 0.1) is 17.8 Å². The third kappa shape index (κ3) is 1.42. The monoisotopic (exact) mass is 138 g/mol. The van der Waals surface area contributed by atoms with Crippen LogP contribution in [0.5, 0.6) is 0 Å². The molecule has 1 fully saturated rings. The molecule has 0 aliphatic heterocycles. The fourth-order valence-corrected chi connectivity index (χ4v) is 1.91. The van der Waals surface area contributed by atoms with Gasteiger partial charge < -0.3 is 0 Å². The molecule has 3 atom stereocenters. The van der Waals surface area contributed by atoms with Crippen molar-refractivity contribution in [3.63, 3.8) is 0 Å². The molecule has 0 nitrogen and oxygen atoms in total. The number of allylic oxidation sites excluding steroid dienone is 1. The maximum absolute atomic E-state index is 3.86. The van der Waals surface area contributed by atoms with Crippen LogP contribution in [-0.4, -0.2) is 0 Å². The third-order valence-corrected chi connectivity index (χ3v) is 2.83. The van der Waals surface area contributed by atoms with E-state index in [1.807, 2.05) is 0 Å². The average molecular weight is 138 g/mol. The van der Waals surface area contributed by atoms with Crippen LogP contribution in [0.15, 0.2) is 12.7 Å². The summed E-state index contributed by atoms with van der Waals surface area (Å²) < 4.78 is 0. The number of rotatable bonds is 4. The first-order valence-corrected chi connectivity index (χ1v) is 4.46. The van der Waals surface area contributed by atoms with E-state index >= 15 is 0 Å². The van der Waals surface area contributed by atoms with Crippen LogP contribution in [0.1, 0.15) is 33.1 Å². The van der Waals surface area contributed by atoms with Crippen LogP contribution in [0.4, 0.5) is 0 Å². The second-order valence-electron chi connectivity index (χ2n) is 3.38. The summed E-state index contributed by atoms with van der Waals surface area (Å²) in [6.07, 6.45) is 6.25. The normalized spacial score (nSPS) is 33.4. The minimum atomic E-state index is 0.810. The fraction of sp³-hybridized carbons (Fsp3) is 0.800. The topological polar surface area (TPSA) is 0 Å². The molecule has 0 radical (unpaired) electrons. The highest BCUT2D eigenvalue weighted by Crippen LogP contribution is 2.47. The van der Waals surface area contributed by atoms with Crippen LogP contribution in [0.3, 0.4) is 0 Å². The summed E-state index contributed by atoms with van der Waals surface area (Å²) in [6.45, 7) is 8.42. The molecular formula is C10H18. The lowest BCUT2D eigenvalue weighted by Crippen LogP contribution is -1.97. The van der Waals surface area contributed by atoms with Gasteiger partial charge in [0, 0.05) is 0 Å². The Labute approximate surface area is 64.3 Å². The molecule has 1 saturated carbocycles. The molecule has 0 N–H and O–H groups in total. The lowest BCUT2D eigenvalue weighted by Gasteiger charge is -2.06. The summed E-state index contributed by atoms with van der Waals surface area (Å²) in [4.78, 5) is 0. The van der Waals surface area contributed by atoms with Gasteiger partial charge in [-0.2, -0.15) is 0 Å². The van der Waals surface area contributed by atoms with Crippen molar-refractivity contribution in [3.8, 4) is 0 Å². The molecule has 0 aromatic rings. The Morgan fingerprint density at radius 3 is 2.60 bits per heavy atom. The van der Waals surface area contributed by atoms with E-state index in [4.69, 9.17) is 0 Å². The van der Waals surface area contributed by atoms with Crippen LogP contribution in [0.2, 0.25) is 0 Å². The van der Waals surface area contributed by atoms with E-state index in [0.717, 1.165) is 17.8 Å². The van der Waals surface area contributed by atoms with Crippen molar-refractivity contribution >= 4 is 0 Å². The van der Waals surface area contributed by atoms with E-state index in [0.29, 0.717) is 0 Å². The fourth-order valence-electron chi connectivity index (χ4n) is 1.91. The Morgan fingerprint density at radius 2 is 2.30 bits per heavy atom. The molecule has 1 aliphatic carbocycles. The Morgan fingerprint density at radius 1 is 1.60 bits per heavy atom. The molecule has 0 amide bonds. The smallest absolute Gasteiger partial charge is 0.0208 e. The molecule has 1 rings (SSSR count). The van der Waals surface area contributed by atoms with Gasteiger partial charge in [-0.3, -0.25) is 0 Å². The van der Waals surface area contributed by atoms with Crippen molar-refractivity contribution < 1.29 is 0 Å². The zero-order valence-corrected chi connectivity index (χ0v) is 7.14. The molecule has 10 heavy (non-hydrogen) atoms. The minimum Gasteiger partial charge on any atom is -0.103 e. The Balaban J connectivity index is 2.29. The van der Waals surface area contributed by atoms with Crippen molar-refractivity contribution in [3.05, 3.63) is 12.7 Å². The second-order valence-corrected chi connectivity index (χ2v) is 3.38. The van der Waals surface area contributed by atoms with Crippen molar-refractivity contribution in [2.45, 2.75) is 33.1 Å². The van der Waals surface area contributed by atoms with Crippen molar-refractivity contribution in [2.75, 3.05) is 0 Å². The van der Waals surface area contributed by atoms with Crippen LogP contribution < -0.4 is 0 Å². The van der Waals surface area contributed by atoms with E-state index < -0.39 is 0 Å². The van der Waals surface area contributed by atoms with Gasteiger partial charge in [0.1, 0.15) is 0 Å². The molecule has 0 bridgehead atoms. The van der Waals surface area contributed by atoms with Gasteiger partial charge in [0.2, 0.25) is 0 Å². The van der Waals surface area contributed by atoms with Gasteiger partial charge in [-0.1, -0.05) is 26.3 Å². The zero-order valence-electron chi connectivity index (χ0n) is 7.14. The standard InChI is InChI=1S/C10H18/c1-4-8(5-2)10-7-9(10)6-3/h4,8-10H,1,5-7H2,2-3H3. The summed E-state index contributed by atoms with van der Waals surface area (Å²) in [5, 5.41) is 0. The van der Waals surface area contributed by atoms with Crippen molar-refractivity contribution in [1.82, 2.24) is 0 Å². The van der Waals surface area contributed by atoms with Gasteiger partial charge in [-0.05, 0) is 30.6 Å². The predicted octanol–water partition coefficient (Wildman–Crippen LogP) is 3.24. The average Bonchev–Trinajstić information content (AvgIpc) is 2.70. The van der Waals surface area contributed by atoms with Crippen LogP contribution in [-0.2, 0) is 0 Å². The summed E-state index contributed by atoms with van der Waals surface area (Å²) in [5.41, 5.74) is 0. The van der Waals surface area contributed by atoms with E-state index in [1.165, 1.54) is 19.3 Å². The van der Waals surface area contributed by atoms with Crippen molar-refractivity contribution in [2.24, 2.45) is 17.8 Å². The SMILES string of the molecule is C=CC(CC)C1CC1CC. The Hall–Kier alpha value is -0.260. The zero-order chi connectivity index (χ0) is 7.56. The summed E-state index contributed by atoms with van der Waals surface area (Å²) in [6, 6.07) is 0. The summed E-state index contributed by atoms with van der Waals surface area (Å²) in [5.74, 6) is 2.83. The molecular weight excluding hydrogens is 120 g/mol. The lowest BCUT2D eigenvalue weighted by molar-refractivity contribution is 0.506. The quantitative estimate of drug-likeness (QED) is 0.523. The molecule has 0 saturated heterocycles. The van der Waals surface area contributed by atoms with Gasteiger partial charge in [0.05, 0.1) is 0 Å². The number of hydrogen-bond acceptors (Lipinski definition) is 0. The molecule has 1 aliphatic rings. The molecule has 3 unspecified atom stereocenters. The van der Waals surface area contributed by atoms with Crippen LogP contribution in [0.25, 0.3) is 0 Å². The highest BCUT2D eigenvalue weighted by atomic mass is 14.4. The lowest BCUT2D eigenvalue weighted by atomic mass is 9.99. The molecule has 0 aromatic carbocycles. The first-order valence-electron chi connectivity index (χ1n) is 4.46. The van der Waals surface area contributed by atoms with Gasteiger partial charge in [0.15, 0.2) is 0 Å². The molecule has 0 heterocycles. The van der Waals surface area contributed by atoms with Gasteiger partial charge in [0.25, 0.3) is 0 Å². The first-order chi connectivity index (χ1) is 4.83. The number of hydrogen-bond donors (Lipinski definition) is 0. The molecule has 58 valence electrons. The van der Waals surface area contributed by atoms with Gasteiger partial charge in [-0.15, -0.1) is 6.58 Å². The minimum absolute atomic E-state index is 0.810. The predicted molar refractivity (Wildman–Crippen MR) is 45.9 cm³/mol. The van der Waals surface area contributed by atoms with Gasteiger partial charge in [-0.25, -0.2) is 0 Å². The summed E-state index contributed by atoms with van der Waals surface area (Å²) in [7, 11) is 0. The molecule has 0 spiro atoms. The highest BCUT2D eigenvalue weighted by Gasteiger charge is 2.38. The van der Waals surface area contributed by atoms with E-state index in [2.05, 4.69) is 26.5 Å². The maximum Gasteiger partial charge on any atom is -0.0208 e. The van der Waals surface area contributed by atoms with E-state index in [-0.39, 0.29) is 0 Å². The van der Waals surface area contributed by atoms with Crippen LogP contribution >= 0.6 is 0 Å². The molecule has 0 heteroatoms. The van der Waals surface area contributed by atoms with E-state index in [9.17, 15) is 0 Å². The first kappa shape index (κ1) is 7.84. The van der Waals surface area contributed by atoms with Gasteiger partial charge >= 0.3 is 0 Å². The summed E-state index contributed by atoms with van der Waals surface area (Å²) >= 11 is 0. The molecule has 0 aromatic heterocycles. The van der Waals surface area contributed by atoms with Crippen molar-refractivity contribution in [1.29, 1.82) is 0 Å². The largest absolute Gasteiger partial charge is 0.103 e. The Kier molecular flexibility index (Phi) is 2.53. The highest BCUT2D eigenvalue weighted by molar-refractivity contribution is 4.96.